The maximum atomic E-state index is 6.16. The van der Waals surface area contributed by atoms with Crippen LogP contribution in [0.1, 0.15) is 6.42 Å². The van der Waals surface area contributed by atoms with Crippen molar-refractivity contribution >= 4 is 46.4 Å². The van der Waals surface area contributed by atoms with Crippen molar-refractivity contribution in [3.05, 3.63) is 11.6 Å². The lowest BCUT2D eigenvalue weighted by Gasteiger charge is -2.35. The van der Waals surface area contributed by atoms with Crippen LogP contribution < -0.4 is 10.6 Å². The summed E-state index contributed by atoms with van der Waals surface area (Å²) >= 11 is 1.70. The van der Waals surface area contributed by atoms with E-state index in [1.807, 2.05) is 11.6 Å². The maximum Gasteiger partial charge on any atom is 0.191 e. The van der Waals surface area contributed by atoms with E-state index in [2.05, 4.69) is 31.7 Å². The van der Waals surface area contributed by atoms with Crippen molar-refractivity contribution in [2.75, 3.05) is 57.8 Å². The average Bonchev–Trinajstić information content (AvgIpc) is 3.16. The molecule has 0 aliphatic carbocycles. The van der Waals surface area contributed by atoms with Gasteiger partial charge in [0, 0.05) is 50.8 Å². The number of guanidine groups is 1. The Balaban J connectivity index is 0.00000176. The number of nitrogens with zero attached hydrogens (tertiary/aromatic N) is 5. The van der Waals surface area contributed by atoms with Crippen molar-refractivity contribution in [1.82, 2.24) is 14.8 Å². The Hall–Kier alpha value is -0.610. The molecule has 124 valence electrons. The Morgan fingerprint density at radius 1 is 1.36 bits per heavy atom. The van der Waals surface area contributed by atoms with Gasteiger partial charge < -0.3 is 20.4 Å². The summed E-state index contributed by atoms with van der Waals surface area (Å²) < 4.78 is 0. The predicted octanol–water partition coefficient (Wildman–Crippen LogP) is 1.15. The van der Waals surface area contributed by atoms with Crippen LogP contribution in [0.5, 0.6) is 0 Å². The molecule has 1 atom stereocenters. The van der Waals surface area contributed by atoms with Crippen LogP contribution in [-0.4, -0.2) is 73.6 Å². The minimum Gasteiger partial charge on any atom is -0.370 e. The van der Waals surface area contributed by atoms with E-state index in [1.165, 1.54) is 13.0 Å². The molecule has 22 heavy (non-hydrogen) atoms. The molecule has 1 aromatic heterocycles. The first-order valence-corrected chi connectivity index (χ1v) is 8.48. The highest BCUT2D eigenvalue weighted by atomic mass is 127. The molecular weight excluding hydrogens is 411 g/mol. The van der Waals surface area contributed by atoms with Gasteiger partial charge in [0.2, 0.25) is 0 Å². The van der Waals surface area contributed by atoms with Gasteiger partial charge in [-0.2, -0.15) is 0 Å². The third-order valence-corrected chi connectivity index (χ3v) is 5.13. The summed E-state index contributed by atoms with van der Waals surface area (Å²) in [6, 6.07) is 0. The first-order valence-electron chi connectivity index (χ1n) is 7.60. The lowest BCUT2D eigenvalue weighted by atomic mass is 10.1. The van der Waals surface area contributed by atoms with Crippen LogP contribution in [0.4, 0.5) is 5.13 Å². The third-order valence-electron chi connectivity index (χ3n) is 4.29. The first kappa shape index (κ1) is 17.7. The molecule has 2 aliphatic rings. The van der Waals surface area contributed by atoms with Gasteiger partial charge in [0.15, 0.2) is 11.1 Å². The number of hydrogen-bond acceptors (Lipinski definition) is 5. The molecule has 2 aliphatic heterocycles. The number of anilines is 1. The second-order valence-electron chi connectivity index (χ2n) is 5.90. The van der Waals surface area contributed by atoms with E-state index in [4.69, 9.17) is 5.73 Å². The highest BCUT2D eigenvalue weighted by Gasteiger charge is 2.21. The van der Waals surface area contributed by atoms with Gasteiger partial charge in [-0.25, -0.2) is 4.98 Å². The van der Waals surface area contributed by atoms with Crippen LogP contribution in [0.2, 0.25) is 0 Å². The number of thiazole rings is 1. The summed E-state index contributed by atoms with van der Waals surface area (Å²) in [5.41, 5.74) is 6.16. The Morgan fingerprint density at radius 3 is 2.73 bits per heavy atom. The number of rotatable bonds is 3. The van der Waals surface area contributed by atoms with Gasteiger partial charge in [-0.1, -0.05) is 0 Å². The minimum absolute atomic E-state index is 0. The van der Waals surface area contributed by atoms with Crippen molar-refractivity contribution in [1.29, 1.82) is 0 Å². The molecule has 0 bridgehead atoms. The molecule has 3 rings (SSSR count). The van der Waals surface area contributed by atoms with Crippen molar-refractivity contribution in [3.8, 4) is 0 Å². The lowest BCUT2D eigenvalue weighted by Crippen LogP contribution is -2.51. The number of aliphatic imine (C=N–C) groups is 1. The predicted molar refractivity (Wildman–Crippen MR) is 103 cm³/mol. The first-order chi connectivity index (χ1) is 10.2. The van der Waals surface area contributed by atoms with Crippen LogP contribution in [-0.2, 0) is 0 Å². The largest absolute Gasteiger partial charge is 0.370 e. The fourth-order valence-corrected chi connectivity index (χ4v) is 3.69. The molecule has 2 saturated heterocycles. The summed E-state index contributed by atoms with van der Waals surface area (Å²) in [4.78, 5) is 15.9. The van der Waals surface area contributed by atoms with E-state index < -0.39 is 0 Å². The summed E-state index contributed by atoms with van der Waals surface area (Å²) in [7, 11) is 2.17. The van der Waals surface area contributed by atoms with E-state index in [0.29, 0.717) is 11.9 Å². The van der Waals surface area contributed by atoms with E-state index in [9.17, 15) is 0 Å². The number of likely N-dealkylation sites (tertiary alicyclic amines) is 1. The van der Waals surface area contributed by atoms with Crippen LogP contribution in [0.25, 0.3) is 0 Å². The molecule has 6 nitrogen and oxygen atoms in total. The van der Waals surface area contributed by atoms with Crippen LogP contribution >= 0.6 is 35.3 Å². The summed E-state index contributed by atoms with van der Waals surface area (Å²) in [6.07, 6.45) is 3.10. The van der Waals surface area contributed by atoms with E-state index >= 15 is 0 Å². The number of hydrogen-bond donors (Lipinski definition) is 1. The van der Waals surface area contributed by atoms with Gasteiger partial charge >= 0.3 is 0 Å². The fraction of sp³-hybridized carbons (Fsp3) is 0.714. The van der Waals surface area contributed by atoms with Crippen molar-refractivity contribution in [2.24, 2.45) is 16.6 Å². The number of nitrogens with two attached hydrogens (primary N) is 1. The van der Waals surface area contributed by atoms with Crippen LogP contribution in [0, 0.1) is 5.92 Å². The quantitative estimate of drug-likeness (QED) is 0.438. The summed E-state index contributed by atoms with van der Waals surface area (Å²) in [5.74, 6) is 1.38. The van der Waals surface area contributed by atoms with Crippen molar-refractivity contribution in [2.45, 2.75) is 6.42 Å². The molecule has 0 aromatic carbocycles. The lowest BCUT2D eigenvalue weighted by molar-refractivity contribution is 0.376. The molecule has 0 radical (unpaired) electrons. The third kappa shape index (κ3) is 4.45. The normalized spacial score (nSPS) is 23.7. The zero-order valence-corrected chi connectivity index (χ0v) is 16.2. The van der Waals surface area contributed by atoms with E-state index in [0.717, 1.165) is 44.4 Å². The van der Waals surface area contributed by atoms with Crippen molar-refractivity contribution < 1.29 is 0 Å². The standard InChI is InChI=1S/C14H24N6S.HI/c1-18-4-2-12(11-18)10-17-13(15)19-5-7-20(8-6-19)14-16-3-9-21-14;/h3,9,12H,2,4-8,10-11H2,1H3,(H2,15,17);1H. The monoisotopic (exact) mass is 436 g/mol. The minimum atomic E-state index is 0. The second kappa shape index (κ2) is 8.30. The highest BCUT2D eigenvalue weighted by Crippen LogP contribution is 2.19. The molecule has 2 fully saturated rings. The SMILES string of the molecule is CN1CCC(CN=C(N)N2CCN(c3nccs3)CC2)C1.I. The van der Waals surface area contributed by atoms with Gasteiger partial charge in [-0.15, -0.1) is 35.3 Å². The number of piperazine rings is 1. The van der Waals surface area contributed by atoms with Gasteiger partial charge in [0.05, 0.1) is 0 Å². The van der Waals surface area contributed by atoms with E-state index in [1.54, 1.807) is 11.3 Å². The number of aromatic nitrogens is 1. The Bertz CT molecular complexity index is 472. The van der Waals surface area contributed by atoms with Gasteiger partial charge in [0.25, 0.3) is 0 Å². The highest BCUT2D eigenvalue weighted by molar-refractivity contribution is 14.0. The van der Waals surface area contributed by atoms with E-state index in [-0.39, 0.29) is 24.0 Å². The molecule has 8 heteroatoms. The van der Waals surface area contributed by atoms with Crippen LogP contribution in [0.3, 0.4) is 0 Å². The summed E-state index contributed by atoms with van der Waals surface area (Å²) in [5, 5.41) is 3.13. The molecular formula is C14H25IN6S. The zero-order chi connectivity index (χ0) is 14.7. The molecule has 0 amide bonds. The molecule has 1 aromatic rings. The van der Waals surface area contributed by atoms with Gasteiger partial charge in [-0.05, 0) is 25.9 Å². The number of halogens is 1. The Labute approximate surface area is 153 Å². The average molecular weight is 436 g/mol. The van der Waals surface area contributed by atoms with Gasteiger partial charge in [0.1, 0.15) is 0 Å². The molecule has 2 N–H and O–H groups in total. The molecule has 0 spiro atoms. The Morgan fingerprint density at radius 2 is 2.14 bits per heavy atom. The fourth-order valence-electron chi connectivity index (χ4n) is 3.00. The summed E-state index contributed by atoms with van der Waals surface area (Å²) in [6.45, 7) is 6.99. The smallest absolute Gasteiger partial charge is 0.191 e. The topological polar surface area (TPSA) is 61.0 Å². The Kier molecular flexibility index (Phi) is 6.69. The zero-order valence-electron chi connectivity index (χ0n) is 13.0. The van der Waals surface area contributed by atoms with Crippen molar-refractivity contribution in [3.63, 3.8) is 0 Å². The molecule has 3 heterocycles. The second-order valence-corrected chi connectivity index (χ2v) is 6.78. The van der Waals surface area contributed by atoms with Gasteiger partial charge in [-0.3, -0.25) is 4.99 Å². The molecule has 1 unspecified atom stereocenters. The maximum absolute atomic E-state index is 6.16. The molecule has 0 saturated carbocycles. The van der Waals surface area contributed by atoms with Crippen LogP contribution in [0.15, 0.2) is 16.6 Å².